The SMILES string of the molecule is O=C(c1ccccc1)c1nn(-c2ccccn2)nc1-c1ccccc1. The molecule has 0 saturated carbocycles. The van der Waals surface area contributed by atoms with Crippen LogP contribution in [-0.2, 0) is 0 Å². The first-order valence-corrected chi connectivity index (χ1v) is 7.87. The molecule has 0 fully saturated rings. The van der Waals surface area contributed by atoms with E-state index in [0.717, 1.165) is 5.56 Å². The molecule has 2 heterocycles. The minimum absolute atomic E-state index is 0.165. The summed E-state index contributed by atoms with van der Waals surface area (Å²) in [6.45, 7) is 0. The average molecular weight is 326 g/mol. The van der Waals surface area contributed by atoms with E-state index in [1.807, 2.05) is 60.7 Å². The van der Waals surface area contributed by atoms with Crippen molar-refractivity contribution >= 4 is 5.78 Å². The van der Waals surface area contributed by atoms with E-state index in [4.69, 9.17) is 0 Å². The van der Waals surface area contributed by atoms with Gasteiger partial charge in [0.1, 0.15) is 5.69 Å². The van der Waals surface area contributed by atoms with Gasteiger partial charge in [0, 0.05) is 17.3 Å². The molecule has 2 aromatic carbocycles. The van der Waals surface area contributed by atoms with E-state index in [-0.39, 0.29) is 5.78 Å². The van der Waals surface area contributed by atoms with Gasteiger partial charge in [-0.15, -0.1) is 15.0 Å². The number of benzene rings is 2. The molecule has 0 bridgehead atoms. The minimum atomic E-state index is -0.165. The molecular formula is C20H14N4O. The summed E-state index contributed by atoms with van der Waals surface area (Å²) in [6.07, 6.45) is 1.67. The molecule has 120 valence electrons. The Hall–Kier alpha value is -3.60. The van der Waals surface area contributed by atoms with Gasteiger partial charge in [0.2, 0.25) is 5.78 Å². The Balaban J connectivity index is 1.87. The first kappa shape index (κ1) is 15.0. The molecule has 0 amide bonds. The Bertz CT molecular complexity index is 996. The quantitative estimate of drug-likeness (QED) is 0.538. The number of pyridine rings is 1. The first-order valence-electron chi connectivity index (χ1n) is 7.87. The van der Waals surface area contributed by atoms with Crippen LogP contribution in [0.2, 0.25) is 0 Å². The molecule has 0 N–H and O–H groups in total. The van der Waals surface area contributed by atoms with Crippen LogP contribution in [0.25, 0.3) is 17.1 Å². The zero-order valence-electron chi connectivity index (χ0n) is 13.3. The fraction of sp³-hybridized carbons (Fsp3) is 0. The van der Waals surface area contributed by atoms with Gasteiger partial charge in [-0.05, 0) is 12.1 Å². The van der Waals surface area contributed by atoms with Crippen molar-refractivity contribution in [3.63, 3.8) is 0 Å². The number of aromatic nitrogens is 4. The zero-order chi connectivity index (χ0) is 17.1. The van der Waals surface area contributed by atoms with Crippen LogP contribution in [0.1, 0.15) is 16.1 Å². The maximum atomic E-state index is 12.9. The highest BCUT2D eigenvalue weighted by atomic mass is 16.1. The highest BCUT2D eigenvalue weighted by Gasteiger charge is 2.22. The molecule has 4 aromatic rings. The monoisotopic (exact) mass is 326 g/mol. The van der Waals surface area contributed by atoms with Gasteiger partial charge >= 0.3 is 0 Å². The number of rotatable bonds is 4. The van der Waals surface area contributed by atoms with Crippen LogP contribution in [-0.4, -0.2) is 25.8 Å². The molecule has 0 unspecified atom stereocenters. The third-order valence-electron chi connectivity index (χ3n) is 3.77. The largest absolute Gasteiger partial charge is 0.287 e. The van der Waals surface area contributed by atoms with Gasteiger partial charge in [-0.25, -0.2) is 4.98 Å². The lowest BCUT2D eigenvalue weighted by Crippen LogP contribution is -2.05. The van der Waals surface area contributed by atoms with Gasteiger partial charge in [-0.2, -0.15) is 0 Å². The second-order valence-corrected chi connectivity index (χ2v) is 5.44. The molecule has 5 nitrogen and oxygen atoms in total. The lowest BCUT2D eigenvalue weighted by molar-refractivity contribution is 0.103. The normalized spacial score (nSPS) is 10.6. The molecule has 0 atom stereocenters. The summed E-state index contributed by atoms with van der Waals surface area (Å²) in [7, 11) is 0. The summed E-state index contributed by atoms with van der Waals surface area (Å²) in [5.74, 6) is 0.397. The van der Waals surface area contributed by atoms with Crippen LogP contribution in [0, 0.1) is 0 Å². The molecule has 5 heteroatoms. The second-order valence-electron chi connectivity index (χ2n) is 5.44. The maximum Gasteiger partial charge on any atom is 0.215 e. The smallest absolute Gasteiger partial charge is 0.215 e. The number of hydrogen-bond acceptors (Lipinski definition) is 4. The van der Waals surface area contributed by atoms with Crippen molar-refractivity contribution in [2.45, 2.75) is 0 Å². The van der Waals surface area contributed by atoms with Gasteiger partial charge in [0.05, 0.1) is 0 Å². The Kier molecular flexibility index (Phi) is 3.88. The lowest BCUT2D eigenvalue weighted by Gasteiger charge is -2.00. The van der Waals surface area contributed by atoms with Gasteiger partial charge in [0.25, 0.3) is 0 Å². The third-order valence-corrected chi connectivity index (χ3v) is 3.77. The molecule has 0 aliphatic rings. The summed E-state index contributed by atoms with van der Waals surface area (Å²) in [5.41, 5.74) is 2.26. The number of carbonyl (C=O) groups is 1. The second kappa shape index (κ2) is 6.49. The highest BCUT2D eigenvalue weighted by Crippen LogP contribution is 2.23. The summed E-state index contributed by atoms with van der Waals surface area (Å²) < 4.78 is 0. The van der Waals surface area contributed by atoms with Gasteiger partial charge in [0.15, 0.2) is 11.5 Å². The average Bonchev–Trinajstić information content (AvgIpc) is 3.15. The van der Waals surface area contributed by atoms with E-state index in [0.29, 0.717) is 22.8 Å². The van der Waals surface area contributed by atoms with E-state index < -0.39 is 0 Å². The zero-order valence-corrected chi connectivity index (χ0v) is 13.3. The molecule has 0 saturated heterocycles. The molecular weight excluding hydrogens is 312 g/mol. The minimum Gasteiger partial charge on any atom is -0.287 e. The van der Waals surface area contributed by atoms with Crippen LogP contribution in [0.15, 0.2) is 85.1 Å². The van der Waals surface area contributed by atoms with Crippen LogP contribution < -0.4 is 0 Å². The van der Waals surface area contributed by atoms with Crippen LogP contribution >= 0.6 is 0 Å². The summed E-state index contributed by atoms with van der Waals surface area (Å²) in [6, 6.07) is 24.1. The predicted molar refractivity (Wildman–Crippen MR) is 94.5 cm³/mol. The van der Waals surface area contributed by atoms with Crippen molar-refractivity contribution in [1.29, 1.82) is 0 Å². The van der Waals surface area contributed by atoms with E-state index >= 15 is 0 Å². The van der Waals surface area contributed by atoms with Crippen LogP contribution in [0.4, 0.5) is 0 Å². The van der Waals surface area contributed by atoms with Crippen LogP contribution in [0.5, 0.6) is 0 Å². The van der Waals surface area contributed by atoms with Crippen molar-refractivity contribution in [3.05, 3.63) is 96.3 Å². The Morgan fingerprint density at radius 3 is 2.12 bits per heavy atom. The van der Waals surface area contributed by atoms with Crippen molar-refractivity contribution < 1.29 is 4.79 Å². The summed E-state index contributed by atoms with van der Waals surface area (Å²) >= 11 is 0. The molecule has 25 heavy (non-hydrogen) atoms. The van der Waals surface area contributed by atoms with Crippen molar-refractivity contribution in [1.82, 2.24) is 20.0 Å². The van der Waals surface area contributed by atoms with E-state index in [1.54, 1.807) is 24.4 Å². The molecule has 0 radical (unpaired) electrons. The van der Waals surface area contributed by atoms with Crippen molar-refractivity contribution in [2.24, 2.45) is 0 Å². The molecule has 4 rings (SSSR count). The molecule has 0 aliphatic carbocycles. The lowest BCUT2D eigenvalue weighted by atomic mass is 10.0. The predicted octanol–water partition coefficient (Wildman–Crippen LogP) is 3.56. The summed E-state index contributed by atoms with van der Waals surface area (Å²) in [4.78, 5) is 18.6. The number of nitrogens with zero attached hydrogens (tertiary/aromatic N) is 4. The van der Waals surface area contributed by atoms with Crippen molar-refractivity contribution in [3.8, 4) is 17.1 Å². The Morgan fingerprint density at radius 2 is 1.44 bits per heavy atom. The molecule has 2 aromatic heterocycles. The fourth-order valence-corrected chi connectivity index (χ4v) is 2.55. The molecule has 0 spiro atoms. The first-order chi connectivity index (χ1) is 12.3. The van der Waals surface area contributed by atoms with Crippen molar-refractivity contribution in [2.75, 3.05) is 0 Å². The van der Waals surface area contributed by atoms with E-state index in [2.05, 4.69) is 15.2 Å². The Morgan fingerprint density at radius 1 is 0.760 bits per heavy atom. The highest BCUT2D eigenvalue weighted by molar-refractivity contribution is 6.10. The number of carbonyl (C=O) groups excluding carboxylic acids is 1. The van der Waals surface area contributed by atoms with Gasteiger partial charge in [-0.3, -0.25) is 4.79 Å². The van der Waals surface area contributed by atoms with Gasteiger partial charge in [-0.1, -0.05) is 66.7 Å². The third kappa shape index (κ3) is 2.95. The maximum absolute atomic E-state index is 12.9. The van der Waals surface area contributed by atoms with E-state index in [9.17, 15) is 4.79 Å². The van der Waals surface area contributed by atoms with E-state index in [1.165, 1.54) is 4.80 Å². The molecule has 0 aliphatic heterocycles. The Labute approximate surface area is 144 Å². The topological polar surface area (TPSA) is 60.7 Å². The van der Waals surface area contributed by atoms with Gasteiger partial charge < -0.3 is 0 Å². The number of hydrogen-bond donors (Lipinski definition) is 0. The standard InChI is InChI=1S/C20H14N4O/c25-20(16-11-5-2-6-12-16)19-18(15-9-3-1-4-10-15)22-24(23-19)17-13-7-8-14-21-17/h1-14H. The fourth-order valence-electron chi connectivity index (χ4n) is 2.55. The van der Waals surface area contributed by atoms with Crippen LogP contribution in [0.3, 0.4) is 0 Å². The summed E-state index contributed by atoms with van der Waals surface area (Å²) in [5, 5.41) is 8.95. The number of ketones is 1.